The first-order valence-corrected chi connectivity index (χ1v) is 6.24. The van der Waals surface area contributed by atoms with Gasteiger partial charge in [0.2, 0.25) is 0 Å². The number of hydrogen-bond acceptors (Lipinski definition) is 6. The molecule has 2 aromatic rings. The van der Waals surface area contributed by atoms with Gasteiger partial charge in [0.15, 0.2) is 5.16 Å². The van der Waals surface area contributed by atoms with E-state index in [-0.39, 0.29) is 11.4 Å². The topological polar surface area (TPSA) is 96.7 Å². The molecule has 0 saturated heterocycles. The van der Waals surface area contributed by atoms with Crippen LogP contribution in [0, 0.1) is 0 Å². The first-order valence-electron chi connectivity index (χ1n) is 5.43. The first-order chi connectivity index (χ1) is 8.67. The molecule has 2 heterocycles. The highest BCUT2D eigenvalue weighted by molar-refractivity contribution is 7.99. The summed E-state index contributed by atoms with van der Waals surface area (Å²) in [6.45, 7) is 2.80. The maximum atomic E-state index is 11.2. The van der Waals surface area contributed by atoms with Crippen LogP contribution in [-0.2, 0) is 0 Å². The Labute approximate surface area is 108 Å². The maximum Gasteiger partial charge on any atom is 0.253 e. The Hall–Kier alpha value is -2.02. The van der Waals surface area contributed by atoms with Crippen molar-refractivity contribution in [3.8, 4) is 0 Å². The second kappa shape index (κ2) is 5.54. The lowest BCUT2D eigenvalue weighted by Gasteiger charge is -2.04. The summed E-state index contributed by atoms with van der Waals surface area (Å²) in [6, 6.07) is 6.85. The van der Waals surface area contributed by atoms with Crippen LogP contribution in [0.4, 0.5) is 11.6 Å². The van der Waals surface area contributed by atoms with E-state index in [1.54, 1.807) is 0 Å². The molecule has 0 aliphatic rings. The number of pyridine rings is 1. The van der Waals surface area contributed by atoms with Crippen molar-refractivity contribution in [2.75, 3.05) is 17.6 Å². The molecule has 18 heavy (non-hydrogen) atoms. The summed E-state index contributed by atoms with van der Waals surface area (Å²) in [5, 5.41) is 4.28. The number of nitrogens with two attached hydrogens (primary N) is 1. The van der Waals surface area contributed by atoms with Crippen molar-refractivity contribution in [1.29, 1.82) is 0 Å². The van der Waals surface area contributed by atoms with E-state index in [1.165, 1.54) is 17.8 Å². The van der Waals surface area contributed by atoms with Crippen molar-refractivity contribution in [3.05, 3.63) is 34.6 Å². The van der Waals surface area contributed by atoms with Gasteiger partial charge < -0.3 is 16.0 Å². The maximum absolute atomic E-state index is 11.2. The van der Waals surface area contributed by atoms with Gasteiger partial charge in [-0.3, -0.25) is 4.79 Å². The summed E-state index contributed by atoms with van der Waals surface area (Å²) < 4.78 is 0. The molecule has 94 valence electrons. The van der Waals surface area contributed by atoms with E-state index in [9.17, 15) is 4.79 Å². The number of aromatic nitrogens is 3. The largest absolute Gasteiger partial charge is 0.383 e. The molecule has 2 rings (SSSR count). The molecule has 0 amide bonds. The molecule has 0 aliphatic heterocycles. The Morgan fingerprint density at radius 3 is 3.00 bits per heavy atom. The molecule has 0 spiro atoms. The van der Waals surface area contributed by atoms with E-state index in [1.807, 2.05) is 25.1 Å². The summed E-state index contributed by atoms with van der Waals surface area (Å²) in [5.41, 5.74) is 5.24. The minimum Gasteiger partial charge on any atom is -0.383 e. The average Bonchev–Trinajstić information content (AvgIpc) is 2.28. The van der Waals surface area contributed by atoms with Crippen LogP contribution in [0.5, 0.6) is 0 Å². The van der Waals surface area contributed by atoms with Crippen molar-refractivity contribution in [3.63, 3.8) is 0 Å². The molecular formula is C11H13N5OS. The molecule has 2 aromatic heterocycles. The number of nitrogens with zero attached hydrogens (tertiary/aromatic N) is 2. The summed E-state index contributed by atoms with van der Waals surface area (Å²) in [7, 11) is 0. The van der Waals surface area contributed by atoms with E-state index in [2.05, 4.69) is 20.3 Å². The van der Waals surface area contributed by atoms with Gasteiger partial charge in [0.25, 0.3) is 5.56 Å². The molecule has 0 bridgehead atoms. The fraction of sp³-hybridized carbons (Fsp3) is 0.182. The predicted octanol–water partition coefficient (Wildman–Crippen LogP) is 1.33. The predicted molar refractivity (Wildman–Crippen MR) is 71.8 cm³/mol. The highest BCUT2D eigenvalue weighted by Gasteiger charge is 2.03. The van der Waals surface area contributed by atoms with E-state index in [4.69, 9.17) is 5.73 Å². The molecule has 0 atom stereocenters. The number of hydrogen-bond donors (Lipinski definition) is 3. The third kappa shape index (κ3) is 3.24. The fourth-order valence-electron chi connectivity index (χ4n) is 1.35. The summed E-state index contributed by atoms with van der Waals surface area (Å²) in [6.07, 6.45) is 0. The molecule has 4 N–H and O–H groups in total. The number of aromatic amines is 1. The van der Waals surface area contributed by atoms with Crippen LogP contribution in [0.1, 0.15) is 6.92 Å². The normalized spacial score (nSPS) is 10.3. The summed E-state index contributed by atoms with van der Waals surface area (Å²) >= 11 is 1.26. The number of rotatable bonds is 4. The van der Waals surface area contributed by atoms with Gasteiger partial charge >= 0.3 is 0 Å². The SMILES string of the molecule is CCNc1cccc(Sc2nc(N)cc(=O)[nH]2)n1. The van der Waals surface area contributed by atoms with Crippen LogP contribution < -0.4 is 16.6 Å². The molecule has 7 heteroatoms. The van der Waals surface area contributed by atoms with Gasteiger partial charge in [-0.1, -0.05) is 6.07 Å². The molecule has 0 unspecified atom stereocenters. The van der Waals surface area contributed by atoms with Gasteiger partial charge in [0, 0.05) is 12.6 Å². The van der Waals surface area contributed by atoms with Crippen LogP contribution in [0.2, 0.25) is 0 Å². The van der Waals surface area contributed by atoms with Gasteiger partial charge in [0.1, 0.15) is 16.7 Å². The van der Waals surface area contributed by atoms with Crippen molar-refractivity contribution in [2.24, 2.45) is 0 Å². The highest BCUT2D eigenvalue weighted by Crippen LogP contribution is 2.23. The van der Waals surface area contributed by atoms with E-state index in [0.29, 0.717) is 5.16 Å². The van der Waals surface area contributed by atoms with Gasteiger partial charge in [0.05, 0.1) is 0 Å². The Kier molecular flexibility index (Phi) is 3.83. The molecule has 0 saturated carbocycles. The van der Waals surface area contributed by atoms with Gasteiger partial charge in [-0.15, -0.1) is 0 Å². The zero-order valence-electron chi connectivity index (χ0n) is 9.80. The monoisotopic (exact) mass is 263 g/mol. The zero-order chi connectivity index (χ0) is 13.0. The van der Waals surface area contributed by atoms with Gasteiger partial charge in [-0.05, 0) is 30.8 Å². The van der Waals surface area contributed by atoms with E-state index >= 15 is 0 Å². The second-order valence-electron chi connectivity index (χ2n) is 3.47. The Morgan fingerprint density at radius 2 is 2.28 bits per heavy atom. The van der Waals surface area contributed by atoms with Crippen LogP contribution in [-0.4, -0.2) is 21.5 Å². The number of nitrogen functional groups attached to an aromatic ring is 1. The minimum atomic E-state index is -0.271. The van der Waals surface area contributed by atoms with Gasteiger partial charge in [-0.25, -0.2) is 9.97 Å². The van der Waals surface area contributed by atoms with E-state index in [0.717, 1.165) is 17.4 Å². The lowest BCUT2D eigenvalue weighted by molar-refractivity contribution is 0.940. The van der Waals surface area contributed by atoms with Gasteiger partial charge in [-0.2, -0.15) is 0 Å². The van der Waals surface area contributed by atoms with Crippen molar-refractivity contribution < 1.29 is 0 Å². The van der Waals surface area contributed by atoms with Crippen molar-refractivity contribution in [2.45, 2.75) is 17.1 Å². The summed E-state index contributed by atoms with van der Waals surface area (Å²) in [5.74, 6) is 0.984. The lowest BCUT2D eigenvalue weighted by Crippen LogP contribution is -2.09. The third-order valence-electron chi connectivity index (χ3n) is 2.02. The average molecular weight is 263 g/mol. The number of anilines is 2. The minimum absolute atomic E-state index is 0.198. The molecule has 0 fully saturated rings. The summed E-state index contributed by atoms with van der Waals surface area (Å²) in [4.78, 5) is 22.2. The second-order valence-corrected chi connectivity index (χ2v) is 4.48. The van der Waals surface area contributed by atoms with Crippen LogP contribution in [0.25, 0.3) is 0 Å². The Balaban J connectivity index is 2.22. The molecule has 0 aliphatic carbocycles. The fourth-order valence-corrected chi connectivity index (χ4v) is 2.14. The van der Waals surface area contributed by atoms with Crippen molar-refractivity contribution >= 4 is 23.4 Å². The number of H-pyrrole nitrogens is 1. The Bertz CT molecular complexity index is 598. The first kappa shape index (κ1) is 12.4. The quantitative estimate of drug-likeness (QED) is 0.720. The molecule has 0 radical (unpaired) electrons. The molecule has 6 nitrogen and oxygen atoms in total. The molecule has 0 aromatic carbocycles. The Morgan fingerprint density at radius 1 is 1.44 bits per heavy atom. The van der Waals surface area contributed by atoms with Crippen LogP contribution in [0.15, 0.2) is 39.2 Å². The zero-order valence-corrected chi connectivity index (χ0v) is 10.6. The lowest BCUT2D eigenvalue weighted by atomic mass is 10.4. The third-order valence-corrected chi connectivity index (χ3v) is 2.85. The highest BCUT2D eigenvalue weighted by atomic mass is 32.2. The van der Waals surface area contributed by atoms with Crippen molar-refractivity contribution in [1.82, 2.24) is 15.0 Å². The number of nitrogens with one attached hydrogen (secondary N) is 2. The van der Waals surface area contributed by atoms with E-state index < -0.39 is 0 Å². The standard InChI is InChI=1S/C11H13N5OS/c1-2-13-8-4-3-5-10(15-8)18-11-14-7(12)6-9(17)16-11/h3-6H,2H2,1H3,(H,13,15)(H3,12,14,16,17). The smallest absolute Gasteiger partial charge is 0.253 e. The van der Waals surface area contributed by atoms with Crippen LogP contribution >= 0.6 is 11.8 Å². The molecular weight excluding hydrogens is 250 g/mol. The van der Waals surface area contributed by atoms with Crippen LogP contribution in [0.3, 0.4) is 0 Å².